The fourth-order valence-corrected chi connectivity index (χ4v) is 3.63. The summed E-state index contributed by atoms with van der Waals surface area (Å²) in [5, 5.41) is 0. The fraction of sp³-hybridized carbons (Fsp3) is 0.643. The zero-order chi connectivity index (χ0) is 13.0. The lowest BCUT2D eigenvalue weighted by atomic mass is 9.96. The van der Waals surface area contributed by atoms with Crippen LogP contribution in [0.25, 0.3) is 0 Å². The van der Waals surface area contributed by atoms with Crippen molar-refractivity contribution in [2.45, 2.75) is 45.6 Å². The van der Waals surface area contributed by atoms with Gasteiger partial charge in [-0.3, -0.25) is 4.79 Å². The molecule has 18 heavy (non-hydrogen) atoms. The van der Waals surface area contributed by atoms with E-state index in [1.807, 2.05) is 13.8 Å². The number of ether oxygens (including phenoxy) is 2. The van der Waals surface area contributed by atoms with Crippen LogP contribution in [-0.4, -0.2) is 19.2 Å². The van der Waals surface area contributed by atoms with Crippen molar-refractivity contribution in [2.24, 2.45) is 0 Å². The minimum absolute atomic E-state index is 0.135. The average molecular weight is 268 g/mol. The van der Waals surface area contributed by atoms with E-state index in [1.54, 1.807) is 11.3 Å². The number of hydrogen-bond acceptors (Lipinski definition) is 4. The number of thiophene rings is 1. The average Bonchev–Trinajstić information content (AvgIpc) is 2.73. The number of aryl methyl sites for hydroxylation is 1. The first-order chi connectivity index (χ1) is 8.74. The van der Waals surface area contributed by atoms with Gasteiger partial charge in [-0.2, -0.15) is 0 Å². The molecule has 1 aromatic rings. The molecule has 3 nitrogen and oxygen atoms in total. The molecular weight excluding hydrogens is 248 g/mol. The second-order valence-corrected chi connectivity index (χ2v) is 5.63. The van der Waals surface area contributed by atoms with Gasteiger partial charge < -0.3 is 9.47 Å². The Kier molecular flexibility index (Phi) is 4.78. The van der Waals surface area contributed by atoms with Crippen molar-refractivity contribution in [1.29, 1.82) is 0 Å². The van der Waals surface area contributed by atoms with E-state index < -0.39 is 0 Å². The standard InChI is InChI=1S/C14H20O3S/c1-3-16-12-6-5-7-13-11(12)8-10(18-13)9-14(15)17-4-2/h8,12H,3-7,9H2,1-2H3. The minimum atomic E-state index is -0.135. The highest BCUT2D eigenvalue weighted by molar-refractivity contribution is 7.12. The maximum Gasteiger partial charge on any atom is 0.311 e. The molecule has 0 fully saturated rings. The molecule has 1 aliphatic rings. The molecule has 1 aliphatic carbocycles. The zero-order valence-electron chi connectivity index (χ0n) is 11.0. The molecule has 0 saturated carbocycles. The summed E-state index contributed by atoms with van der Waals surface area (Å²) >= 11 is 1.74. The van der Waals surface area contributed by atoms with Crippen molar-refractivity contribution in [2.75, 3.05) is 13.2 Å². The third-order valence-electron chi connectivity index (χ3n) is 3.10. The second-order valence-electron chi connectivity index (χ2n) is 4.41. The molecule has 0 N–H and O–H groups in total. The molecule has 1 aromatic heterocycles. The Morgan fingerprint density at radius 3 is 3.00 bits per heavy atom. The lowest BCUT2D eigenvalue weighted by Gasteiger charge is -2.22. The lowest BCUT2D eigenvalue weighted by Crippen LogP contribution is -2.10. The van der Waals surface area contributed by atoms with Gasteiger partial charge in [0.05, 0.1) is 19.1 Å². The Labute approximate surface area is 112 Å². The summed E-state index contributed by atoms with van der Waals surface area (Å²) in [7, 11) is 0. The molecule has 100 valence electrons. The summed E-state index contributed by atoms with van der Waals surface area (Å²) in [5.74, 6) is -0.135. The Morgan fingerprint density at radius 2 is 2.28 bits per heavy atom. The van der Waals surface area contributed by atoms with Gasteiger partial charge in [0.1, 0.15) is 0 Å². The van der Waals surface area contributed by atoms with Gasteiger partial charge in [0, 0.05) is 16.4 Å². The number of esters is 1. The van der Waals surface area contributed by atoms with Crippen LogP contribution in [0, 0.1) is 0 Å². The van der Waals surface area contributed by atoms with Crippen LogP contribution in [0.1, 0.15) is 48.1 Å². The predicted octanol–water partition coefficient (Wildman–Crippen LogP) is 3.27. The first kappa shape index (κ1) is 13.6. The normalized spacial score (nSPS) is 18.4. The summed E-state index contributed by atoms with van der Waals surface area (Å²) < 4.78 is 10.8. The summed E-state index contributed by atoms with van der Waals surface area (Å²) in [6.45, 7) is 5.06. The highest BCUT2D eigenvalue weighted by Gasteiger charge is 2.23. The van der Waals surface area contributed by atoms with Crippen molar-refractivity contribution in [3.8, 4) is 0 Å². The van der Waals surface area contributed by atoms with Crippen molar-refractivity contribution in [1.82, 2.24) is 0 Å². The molecule has 0 bridgehead atoms. The SMILES string of the molecule is CCOC(=O)Cc1cc2c(s1)CCCC2OCC. The molecule has 1 atom stereocenters. The Bertz CT molecular complexity index is 411. The zero-order valence-corrected chi connectivity index (χ0v) is 11.8. The van der Waals surface area contributed by atoms with Gasteiger partial charge in [-0.05, 0) is 44.7 Å². The van der Waals surface area contributed by atoms with Crippen LogP contribution in [0.2, 0.25) is 0 Å². The lowest BCUT2D eigenvalue weighted by molar-refractivity contribution is -0.142. The molecule has 2 rings (SSSR count). The van der Waals surface area contributed by atoms with Crippen LogP contribution >= 0.6 is 11.3 Å². The molecule has 4 heteroatoms. The molecule has 0 aromatic carbocycles. The summed E-state index contributed by atoms with van der Waals surface area (Å²) in [6.07, 6.45) is 4.01. The van der Waals surface area contributed by atoms with E-state index in [4.69, 9.17) is 9.47 Å². The van der Waals surface area contributed by atoms with Crippen molar-refractivity contribution < 1.29 is 14.3 Å². The second kappa shape index (κ2) is 6.34. The topological polar surface area (TPSA) is 35.5 Å². The first-order valence-corrected chi connectivity index (χ1v) is 7.45. The molecule has 0 radical (unpaired) electrons. The number of carbonyl (C=O) groups is 1. The van der Waals surface area contributed by atoms with E-state index in [-0.39, 0.29) is 12.1 Å². The quantitative estimate of drug-likeness (QED) is 0.769. The highest BCUT2D eigenvalue weighted by Crippen LogP contribution is 2.37. The summed E-state index contributed by atoms with van der Waals surface area (Å²) in [4.78, 5) is 14.0. The Balaban J connectivity index is 2.09. The van der Waals surface area contributed by atoms with Gasteiger partial charge >= 0.3 is 5.97 Å². The van der Waals surface area contributed by atoms with Crippen molar-refractivity contribution in [3.63, 3.8) is 0 Å². The van der Waals surface area contributed by atoms with E-state index in [1.165, 1.54) is 16.9 Å². The van der Waals surface area contributed by atoms with Gasteiger partial charge in [0.2, 0.25) is 0 Å². The maximum atomic E-state index is 11.5. The van der Waals surface area contributed by atoms with E-state index in [0.29, 0.717) is 13.0 Å². The highest BCUT2D eigenvalue weighted by atomic mass is 32.1. The monoisotopic (exact) mass is 268 g/mol. The van der Waals surface area contributed by atoms with E-state index >= 15 is 0 Å². The molecular formula is C14H20O3S. The van der Waals surface area contributed by atoms with Crippen LogP contribution in [0.5, 0.6) is 0 Å². The molecule has 0 amide bonds. The third kappa shape index (κ3) is 3.12. The van der Waals surface area contributed by atoms with Crippen LogP contribution in [0.4, 0.5) is 0 Å². The smallest absolute Gasteiger partial charge is 0.311 e. The van der Waals surface area contributed by atoms with Crippen LogP contribution in [0.15, 0.2) is 6.07 Å². The largest absolute Gasteiger partial charge is 0.466 e. The Hall–Kier alpha value is -0.870. The predicted molar refractivity (Wildman–Crippen MR) is 72.0 cm³/mol. The number of rotatable bonds is 5. The van der Waals surface area contributed by atoms with Crippen LogP contribution in [-0.2, 0) is 27.1 Å². The molecule has 1 unspecified atom stereocenters. The molecule has 0 saturated heterocycles. The van der Waals surface area contributed by atoms with Crippen molar-refractivity contribution >= 4 is 17.3 Å². The minimum Gasteiger partial charge on any atom is -0.466 e. The fourth-order valence-electron chi connectivity index (χ4n) is 2.39. The maximum absolute atomic E-state index is 11.5. The van der Waals surface area contributed by atoms with E-state index in [2.05, 4.69) is 6.07 Å². The first-order valence-electron chi connectivity index (χ1n) is 6.63. The van der Waals surface area contributed by atoms with Crippen LogP contribution < -0.4 is 0 Å². The van der Waals surface area contributed by atoms with Gasteiger partial charge in [0.25, 0.3) is 0 Å². The number of fused-ring (bicyclic) bond motifs is 1. The van der Waals surface area contributed by atoms with Crippen LogP contribution in [0.3, 0.4) is 0 Å². The Morgan fingerprint density at radius 1 is 1.44 bits per heavy atom. The number of carbonyl (C=O) groups excluding carboxylic acids is 1. The van der Waals surface area contributed by atoms with E-state index in [0.717, 1.165) is 24.3 Å². The molecule has 0 spiro atoms. The van der Waals surface area contributed by atoms with Gasteiger partial charge in [-0.15, -0.1) is 11.3 Å². The number of hydrogen-bond donors (Lipinski definition) is 0. The molecule has 1 heterocycles. The summed E-state index contributed by atoms with van der Waals surface area (Å²) in [6, 6.07) is 2.14. The van der Waals surface area contributed by atoms with Gasteiger partial charge in [-0.25, -0.2) is 0 Å². The van der Waals surface area contributed by atoms with Crippen molar-refractivity contribution in [3.05, 3.63) is 21.4 Å². The van der Waals surface area contributed by atoms with E-state index in [9.17, 15) is 4.79 Å². The summed E-state index contributed by atoms with van der Waals surface area (Å²) in [5.41, 5.74) is 1.30. The third-order valence-corrected chi connectivity index (χ3v) is 4.31. The molecule has 0 aliphatic heterocycles. The van der Waals surface area contributed by atoms with Gasteiger partial charge in [0.15, 0.2) is 0 Å². The van der Waals surface area contributed by atoms with Gasteiger partial charge in [-0.1, -0.05) is 0 Å².